The van der Waals surface area contributed by atoms with Crippen molar-refractivity contribution < 1.29 is 8.85 Å². The Morgan fingerprint density at radius 1 is 0.461 bits per heavy atom. The van der Waals surface area contributed by atoms with Gasteiger partial charge in [-0.25, -0.2) is 4.98 Å². The van der Waals surface area contributed by atoms with E-state index in [1.807, 2.05) is 54.7 Å². The molecule has 1 aliphatic heterocycles. The molecule has 0 atom stereocenters. The van der Waals surface area contributed by atoms with Gasteiger partial charge in [-0.15, -0.1) is 0 Å². The fourth-order valence-electron chi connectivity index (χ4n) is 10.9. The highest BCUT2D eigenvalue weighted by Crippen LogP contribution is 2.51. The number of aromatic nitrogens is 2. The van der Waals surface area contributed by atoms with Gasteiger partial charge in [0.25, 0.3) is 0 Å². The summed E-state index contributed by atoms with van der Waals surface area (Å²) in [4.78, 5) is 9.52. The fraction of sp³-hybridized carbons (Fsp3) is 0.0845. The second kappa shape index (κ2) is 19.1. The summed E-state index contributed by atoms with van der Waals surface area (Å²) < 4.78 is 37.2. The Morgan fingerprint density at radius 2 is 1.05 bits per heavy atom. The van der Waals surface area contributed by atoms with E-state index in [4.69, 9.17) is 9.72 Å². The van der Waals surface area contributed by atoms with Gasteiger partial charge in [0.2, 0.25) is 0 Å². The second-order valence-corrected chi connectivity index (χ2v) is 20.7. The molecule has 12 aromatic rings. The van der Waals surface area contributed by atoms with Gasteiger partial charge < -0.3 is 14.5 Å². The van der Waals surface area contributed by atoms with Crippen LogP contribution in [0.5, 0.6) is 11.5 Å². The Balaban J connectivity index is 0.920. The average Bonchev–Trinajstić information content (AvgIpc) is 4.26. The number of rotatable bonds is 10. The summed E-state index contributed by atoms with van der Waals surface area (Å²) >= 11 is 0. The molecular formula is C71H56N4O. The largest absolute Gasteiger partial charge is 0.457 e. The molecule has 2 aromatic heterocycles. The smallest absolute Gasteiger partial charge is 0.137 e. The minimum absolute atomic E-state index is 0.0101. The SMILES string of the molecule is [2H]c1c(Oc2ccc3c4cc(-c5ccccc5)ccc4n(-c4cc(C)c(-c5ccccc5)cn4)c3c2)cc(N2CN(c3c(-c4ccc(C(C)(C)C)cc4)cccc3-c3cccc(-c4ccccc4)c3)c3ccccc32)c([2H])c1[2H]. The van der Waals surface area contributed by atoms with Crippen LogP contribution in [0.3, 0.4) is 0 Å². The van der Waals surface area contributed by atoms with Crippen LogP contribution in [-0.4, -0.2) is 16.2 Å². The van der Waals surface area contributed by atoms with Crippen molar-refractivity contribution in [2.75, 3.05) is 16.5 Å². The predicted octanol–water partition coefficient (Wildman–Crippen LogP) is 19.2. The standard InChI is InChI=1S/C71H56N4O/c1-48-41-69(72-46-64(48)51-23-12-7-13-24-51)75-65-40-35-54(50-21-10-6-11-22-50)43-63(65)62-39-38-59(45-68(62)75)76-58-28-17-27-57(44-58)73-47-74(67-32-15-14-31-66(67)73)70-60(52-33-36-56(37-34-52)71(2,3)4)29-18-30-61(70)55-26-16-25-53(42-55)49-19-8-5-9-20-49/h5-46H,47H2,1-4H3/i17D,27D,28D. The monoisotopic (exact) mass is 983 g/mol. The maximum Gasteiger partial charge on any atom is 0.137 e. The van der Waals surface area contributed by atoms with Crippen molar-refractivity contribution in [1.29, 1.82) is 0 Å². The van der Waals surface area contributed by atoms with E-state index < -0.39 is 0 Å². The third-order valence-electron chi connectivity index (χ3n) is 14.8. The number of hydrogen-bond acceptors (Lipinski definition) is 4. The van der Waals surface area contributed by atoms with Gasteiger partial charge in [0, 0.05) is 51.5 Å². The van der Waals surface area contributed by atoms with Gasteiger partial charge >= 0.3 is 0 Å². The first-order valence-corrected chi connectivity index (χ1v) is 26.0. The number of para-hydroxylation sites is 3. The number of pyridine rings is 1. The lowest BCUT2D eigenvalue weighted by atomic mass is 9.85. The van der Waals surface area contributed by atoms with Gasteiger partial charge in [0.1, 0.15) is 24.0 Å². The first kappa shape index (κ1) is 43.0. The highest BCUT2D eigenvalue weighted by atomic mass is 16.5. The van der Waals surface area contributed by atoms with Gasteiger partial charge in [-0.2, -0.15) is 0 Å². The zero-order valence-electron chi connectivity index (χ0n) is 45.9. The summed E-state index contributed by atoms with van der Waals surface area (Å²) in [6.07, 6.45) is 1.95. The lowest BCUT2D eigenvalue weighted by Gasteiger charge is -2.28. The molecule has 0 saturated carbocycles. The van der Waals surface area contributed by atoms with E-state index in [1.54, 1.807) is 6.07 Å². The number of hydrogen-bond donors (Lipinski definition) is 0. The summed E-state index contributed by atoms with van der Waals surface area (Å²) in [7, 11) is 0. The van der Waals surface area contributed by atoms with Gasteiger partial charge in [-0.05, 0) is 123 Å². The van der Waals surface area contributed by atoms with Crippen molar-refractivity contribution >= 4 is 44.6 Å². The van der Waals surface area contributed by atoms with Crippen LogP contribution in [0.4, 0.5) is 22.7 Å². The summed E-state index contributed by atoms with van der Waals surface area (Å²) in [5, 5.41) is 2.09. The van der Waals surface area contributed by atoms with Crippen LogP contribution >= 0.6 is 0 Å². The third-order valence-corrected chi connectivity index (χ3v) is 14.8. The van der Waals surface area contributed by atoms with E-state index in [0.717, 1.165) is 106 Å². The zero-order valence-corrected chi connectivity index (χ0v) is 42.9. The Labute approximate surface area is 449 Å². The molecule has 0 spiro atoms. The van der Waals surface area contributed by atoms with E-state index in [-0.39, 0.29) is 29.3 Å². The average molecular weight is 984 g/mol. The number of ether oxygens (including phenoxy) is 1. The molecule has 5 heteroatoms. The second-order valence-electron chi connectivity index (χ2n) is 20.7. The van der Waals surface area contributed by atoms with Gasteiger partial charge in [-0.3, -0.25) is 4.57 Å². The molecule has 366 valence electrons. The molecule has 0 aliphatic carbocycles. The van der Waals surface area contributed by atoms with Crippen LogP contribution in [0, 0.1) is 6.92 Å². The van der Waals surface area contributed by atoms with Crippen LogP contribution in [0.25, 0.3) is 83.3 Å². The molecule has 0 amide bonds. The highest BCUT2D eigenvalue weighted by Gasteiger charge is 2.32. The highest BCUT2D eigenvalue weighted by molar-refractivity contribution is 6.11. The minimum atomic E-state index is -0.219. The van der Waals surface area contributed by atoms with E-state index in [9.17, 15) is 4.11 Å². The first-order chi connectivity index (χ1) is 38.5. The fourth-order valence-corrected chi connectivity index (χ4v) is 10.9. The van der Waals surface area contributed by atoms with Gasteiger partial charge in [0.15, 0.2) is 0 Å². The quantitative estimate of drug-likeness (QED) is 0.137. The molecule has 3 heterocycles. The number of nitrogens with zero attached hydrogens (tertiary/aromatic N) is 4. The molecule has 0 saturated heterocycles. The van der Waals surface area contributed by atoms with Crippen molar-refractivity contribution in [2.24, 2.45) is 0 Å². The number of aryl methyl sites for hydroxylation is 1. The van der Waals surface area contributed by atoms with Crippen LogP contribution in [-0.2, 0) is 5.41 Å². The maximum absolute atomic E-state index is 9.54. The van der Waals surface area contributed by atoms with E-state index in [2.05, 4.69) is 218 Å². The lowest BCUT2D eigenvalue weighted by molar-refractivity contribution is 0.483. The van der Waals surface area contributed by atoms with Crippen molar-refractivity contribution in [3.8, 4) is 73.0 Å². The van der Waals surface area contributed by atoms with Crippen LogP contribution < -0.4 is 14.5 Å². The van der Waals surface area contributed by atoms with E-state index >= 15 is 0 Å². The van der Waals surface area contributed by atoms with E-state index in [0.29, 0.717) is 18.1 Å². The third kappa shape index (κ3) is 8.56. The van der Waals surface area contributed by atoms with Crippen molar-refractivity contribution in [3.63, 3.8) is 0 Å². The molecule has 13 rings (SSSR count). The van der Waals surface area contributed by atoms with Crippen molar-refractivity contribution in [1.82, 2.24) is 9.55 Å². The molecule has 5 nitrogen and oxygen atoms in total. The normalized spacial score (nSPS) is 12.9. The summed E-state index contributed by atoms with van der Waals surface area (Å²) in [6, 6.07) is 79.7. The topological polar surface area (TPSA) is 33.5 Å². The number of benzene rings is 10. The molecule has 76 heavy (non-hydrogen) atoms. The summed E-state index contributed by atoms with van der Waals surface area (Å²) in [6.45, 7) is 9.16. The predicted molar refractivity (Wildman–Crippen MR) is 318 cm³/mol. The number of fused-ring (bicyclic) bond motifs is 4. The summed E-state index contributed by atoms with van der Waals surface area (Å²) in [5.41, 5.74) is 18.5. The van der Waals surface area contributed by atoms with Crippen LogP contribution in [0.15, 0.2) is 255 Å². The molecule has 0 unspecified atom stereocenters. The summed E-state index contributed by atoms with van der Waals surface area (Å²) in [5.74, 6) is 1.44. The Morgan fingerprint density at radius 3 is 1.75 bits per heavy atom. The van der Waals surface area contributed by atoms with E-state index in [1.165, 1.54) is 5.56 Å². The molecule has 1 aliphatic rings. The molecule has 0 N–H and O–H groups in total. The molecule has 10 aromatic carbocycles. The molecule has 0 bridgehead atoms. The maximum atomic E-state index is 9.54. The number of anilines is 4. The van der Waals surface area contributed by atoms with Crippen molar-refractivity contribution in [2.45, 2.75) is 33.1 Å². The minimum Gasteiger partial charge on any atom is -0.457 e. The van der Waals surface area contributed by atoms with Crippen molar-refractivity contribution in [3.05, 3.63) is 266 Å². The van der Waals surface area contributed by atoms with Gasteiger partial charge in [0.05, 0.1) is 32.2 Å². The molecule has 0 radical (unpaired) electrons. The zero-order chi connectivity index (χ0) is 53.9. The van der Waals surface area contributed by atoms with Crippen LogP contribution in [0.1, 0.15) is 36.0 Å². The van der Waals surface area contributed by atoms with Gasteiger partial charge in [-0.1, -0.05) is 197 Å². The lowest BCUT2D eigenvalue weighted by Crippen LogP contribution is -2.25. The molecule has 0 fully saturated rings. The first-order valence-electron chi connectivity index (χ1n) is 27.5. The Bertz CT molecular complexity index is 4280. The van der Waals surface area contributed by atoms with Crippen LogP contribution in [0.2, 0.25) is 0 Å². The Kier molecular flexibility index (Phi) is 10.8. The molecular weight excluding hydrogens is 925 g/mol. The Hall–Kier alpha value is -9.45.